The van der Waals surface area contributed by atoms with Gasteiger partial charge in [-0.15, -0.1) is 0 Å². The number of ether oxygens (including phenoxy) is 2. The average molecular weight is 419 g/mol. The SMILES string of the molecule is C=CCOc1ccccc1OCC(O)CN1CC=C(c2cccc3c2ccn3C)CC1. The van der Waals surface area contributed by atoms with E-state index in [1.807, 2.05) is 24.3 Å². The van der Waals surface area contributed by atoms with Crippen LogP contribution in [0.5, 0.6) is 11.5 Å². The Labute approximate surface area is 183 Å². The molecule has 5 heteroatoms. The molecule has 31 heavy (non-hydrogen) atoms. The average Bonchev–Trinajstić information content (AvgIpc) is 3.18. The molecule has 0 radical (unpaired) electrons. The zero-order valence-electron chi connectivity index (χ0n) is 18.0. The van der Waals surface area contributed by atoms with Crippen molar-refractivity contribution in [3.8, 4) is 11.5 Å². The third-order valence-corrected chi connectivity index (χ3v) is 5.67. The highest BCUT2D eigenvalue weighted by atomic mass is 16.5. The van der Waals surface area contributed by atoms with Crippen molar-refractivity contribution in [1.29, 1.82) is 0 Å². The van der Waals surface area contributed by atoms with Crippen LogP contribution in [0.15, 0.2) is 73.5 Å². The summed E-state index contributed by atoms with van der Waals surface area (Å²) in [5, 5.41) is 11.8. The van der Waals surface area contributed by atoms with Gasteiger partial charge in [-0.2, -0.15) is 0 Å². The molecule has 2 aromatic carbocycles. The Bertz CT molecular complexity index is 1070. The predicted molar refractivity (Wildman–Crippen MR) is 126 cm³/mol. The minimum Gasteiger partial charge on any atom is -0.487 e. The molecule has 1 aromatic heterocycles. The van der Waals surface area contributed by atoms with Crippen LogP contribution >= 0.6 is 0 Å². The van der Waals surface area contributed by atoms with Gasteiger partial charge in [0.05, 0.1) is 0 Å². The summed E-state index contributed by atoms with van der Waals surface area (Å²) in [6.45, 7) is 6.64. The van der Waals surface area contributed by atoms with E-state index in [4.69, 9.17) is 9.47 Å². The molecular formula is C26H30N2O3. The number of hydrogen-bond acceptors (Lipinski definition) is 4. The van der Waals surface area contributed by atoms with Crippen molar-refractivity contribution in [2.45, 2.75) is 12.5 Å². The topological polar surface area (TPSA) is 46.9 Å². The molecule has 162 valence electrons. The lowest BCUT2D eigenvalue weighted by molar-refractivity contribution is 0.0704. The Kier molecular flexibility index (Phi) is 6.75. The maximum Gasteiger partial charge on any atom is 0.161 e. The lowest BCUT2D eigenvalue weighted by Gasteiger charge is -2.28. The van der Waals surface area contributed by atoms with E-state index in [1.54, 1.807) is 6.08 Å². The van der Waals surface area contributed by atoms with E-state index in [-0.39, 0.29) is 6.61 Å². The summed E-state index contributed by atoms with van der Waals surface area (Å²) in [7, 11) is 2.08. The van der Waals surface area contributed by atoms with Crippen molar-refractivity contribution < 1.29 is 14.6 Å². The van der Waals surface area contributed by atoms with Crippen LogP contribution in [0.25, 0.3) is 16.5 Å². The van der Waals surface area contributed by atoms with Crippen LogP contribution in [0.2, 0.25) is 0 Å². The van der Waals surface area contributed by atoms with Gasteiger partial charge < -0.3 is 19.1 Å². The second-order valence-electron chi connectivity index (χ2n) is 7.92. The maximum absolute atomic E-state index is 10.5. The van der Waals surface area contributed by atoms with E-state index in [0.717, 1.165) is 19.5 Å². The number of rotatable bonds is 9. The van der Waals surface area contributed by atoms with Gasteiger partial charge >= 0.3 is 0 Å². The summed E-state index contributed by atoms with van der Waals surface area (Å²) in [6, 6.07) is 16.2. The van der Waals surface area contributed by atoms with Gasteiger partial charge in [0.1, 0.15) is 19.3 Å². The molecule has 0 aliphatic carbocycles. The number of β-amino-alcohol motifs (C(OH)–C–C–N with tert-alkyl or cyclic N) is 1. The van der Waals surface area contributed by atoms with Gasteiger partial charge in [0.25, 0.3) is 0 Å². The summed E-state index contributed by atoms with van der Waals surface area (Å²) in [5.74, 6) is 1.30. The van der Waals surface area contributed by atoms with Crippen LogP contribution in [0.1, 0.15) is 12.0 Å². The van der Waals surface area contributed by atoms with Gasteiger partial charge in [0.2, 0.25) is 0 Å². The fraction of sp³-hybridized carbons (Fsp3) is 0.308. The van der Waals surface area contributed by atoms with Crippen molar-refractivity contribution in [2.75, 3.05) is 32.8 Å². The number of aryl methyl sites for hydroxylation is 1. The van der Waals surface area contributed by atoms with E-state index >= 15 is 0 Å². The number of hydrogen-bond donors (Lipinski definition) is 1. The Morgan fingerprint density at radius 1 is 1.10 bits per heavy atom. The van der Waals surface area contributed by atoms with Crippen LogP contribution in [-0.4, -0.2) is 53.5 Å². The van der Waals surface area contributed by atoms with Gasteiger partial charge in [-0.3, -0.25) is 4.90 Å². The van der Waals surface area contributed by atoms with Gasteiger partial charge in [0, 0.05) is 43.8 Å². The number of para-hydroxylation sites is 2. The zero-order valence-corrected chi connectivity index (χ0v) is 18.0. The quantitative estimate of drug-likeness (QED) is 0.527. The molecule has 1 aliphatic heterocycles. The summed E-state index contributed by atoms with van der Waals surface area (Å²) in [4.78, 5) is 2.27. The highest BCUT2D eigenvalue weighted by molar-refractivity contribution is 5.92. The van der Waals surface area contributed by atoms with Gasteiger partial charge in [-0.25, -0.2) is 0 Å². The molecule has 1 aliphatic rings. The Morgan fingerprint density at radius 2 is 1.90 bits per heavy atom. The van der Waals surface area contributed by atoms with E-state index in [2.05, 4.69) is 59.6 Å². The highest BCUT2D eigenvalue weighted by Crippen LogP contribution is 2.30. The van der Waals surface area contributed by atoms with Gasteiger partial charge in [-0.05, 0) is 41.8 Å². The Hall–Kier alpha value is -3.02. The lowest BCUT2D eigenvalue weighted by Crippen LogP contribution is -2.38. The molecule has 0 fully saturated rings. The molecule has 2 heterocycles. The number of benzene rings is 2. The molecule has 1 N–H and O–H groups in total. The van der Waals surface area contributed by atoms with E-state index in [1.165, 1.54) is 22.0 Å². The normalized spacial score (nSPS) is 15.5. The first-order valence-electron chi connectivity index (χ1n) is 10.7. The maximum atomic E-state index is 10.5. The number of aliphatic hydroxyl groups is 1. The second kappa shape index (κ2) is 9.86. The van der Waals surface area contributed by atoms with Crippen LogP contribution in [0.3, 0.4) is 0 Å². The third kappa shape index (κ3) is 5.01. The fourth-order valence-corrected chi connectivity index (χ4v) is 4.08. The molecule has 0 saturated heterocycles. The second-order valence-corrected chi connectivity index (χ2v) is 7.92. The summed E-state index contributed by atoms with van der Waals surface area (Å²) in [5.41, 5.74) is 3.95. The van der Waals surface area contributed by atoms with Crippen LogP contribution in [0.4, 0.5) is 0 Å². The van der Waals surface area contributed by atoms with Crippen LogP contribution in [0, 0.1) is 0 Å². The number of fused-ring (bicyclic) bond motifs is 1. The molecule has 1 unspecified atom stereocenters. The highest BCUT2D eigenvalue weighted by Gasteiger charge is 2.18. The fourth-order valence-electron chi connectivity index (χ4n) is 4.08. The monoisotopic (exact) mass is 418 g/mol. The predicted octanol–water partition coefficient (Wildman–Crippen LogP) is 4.27. The van der Waals surface area contributed by atoms with Gasteiger partial charge in [-0.1, -0.05) is 43.0 Å². The molecule has 0 bridgehead atoms. The number of aromatic nitrogens is 1. The molecule has 0 saturated carbocycles. The smallest absolute Gasteiger partial charge is 0.161 e. The third-order valence-electron chi connectivity index (χ3n) is 5.67. The molecule has 3 aromatic rings. The van der Waals surface area contributed by atoms with Crippen molar-refractivity contribution in [2.24, 2.45) is 7.05 Å². The summed E-state index contributed by atoms with van der Waals surface area (Å²) < 4.78 is 13.6. The van der Waals surface area contributed by atoms with Crippen molar-refractivity contribution in [1.82, 2.24) is 9.47 Å². The largest absolute Gasteiger partial charge is 0.487 e. The summed E-state index contributed by atoms with van der Waals surface area (Å²) in [6.07, 6.45) is 6.50. The Morgan fingerprint density at radius 3 is 2.65 bits per heavy atom. The number of aliphatic hydroxyl groups excluding tert-OH is 1. The van der Waals surface area contributed by atoms with E-state index in [9.17, 15) is 5.11 Å². The number of nitrogens with zero attached hydrogens (tertiary/aromatic N) is 2. The molecule has 0 spiro atoms. The van der Waals surface area contributed by atoms with Crippen molar-refractivity contribution in [3.63, 3.8) is 0 Å². The summed E-state index contributed by atoms with van der Waals surface area (Å²) >= 11 is 0. The minimum atomic E-state index is -0.569. The standard InChI is InChI=1S/C26H30N2O3/c1-3-17-30-25-9-4-5-10-26(25)31-19-21(29)18-28-15-11-20(12-16-28)22-7-6-8-24-23(22)13-14-27(24)2/h3-11,13-14,21,29H,1,12,15-19H2,2H3. The molecule has 1 atom stereocenters. The molecule has 0 amide bonds. The molecule has 4 rings (SSSR count). The minimum absolute atomic E-state index is 0.227. The van der Waals surface area contributed by atoms with Crippen molar-refractivity contribution >= 4 is 16.5 Å². The van der Waals surface area contributed by atoms with Gasteiger partial charge in [0.15, 0.2) is 11.5 Å². The lowest BCUT2D eigenvalue weighted by atomic mass is 9.96. The first-order chi connectivity index (χ1) is 15.2. The molecular weight excluding hydrogens is 388 g/mol. The van der Waals surface area contributed by atoms with E-state index in [0.29, 0.717) is 24.7 Å². The van der Waals surface area contributed by atoms with Crippen LogP contribution < -0.4 is 9.47 Å². The van der Waals surface area contributed by atoms with Crippen molar-refractivity contribution in [3.05, 3.63) is 79.0 Å². The van der Waals surface area contributed by atoms with E-state index < -0.39 is 6.10 Å². The first-order valence-corrected chi connectivity index (χ1v) is 10.7. The zero-order chi connectivity index (χ0) is 21.6. The Balaban J connectivity index is 1.32. The first kappa shape index (κ1) is 21.2. The molecule has 5 nitrogen and oxygen atoms in total. The van der Waals surface area contributed by atoms with Crippen LogP contribution in [-0.2, 0) is 7.05 Å².